The molecule has 82 valence electrons. The van der Waals surface area contributed by atoms with Crippen LogP contribution in [0, 0.1) is 5.82 Å². The molecular formula is C11H13BrFNO. The van der Waals surface area contributed by atoms with Gasteiger partial charge in [0.1, 0.15) is 5.82 Å². The smallest absolute Gasteiger partial charge is 0.137 e. The molecule has 1 N–H and O–H groups in total. The molecule has 1 aromatic rings. The minimum absolute atomic E-state index is 0.236. The highest BCUT2D eigenvalue weighted by Gasteiger charge is 2.15. The molecule has 0 amide bonds. The third-order valence-corrected chi connectivity index (χ3v) is 3.41. The predicted octanol–water partition coefficient (Wildman–Crippen LogP) is 2.47. The van der Waals surface area contributed by atoms with Gasteiger partial charge in [-0.25, -0.2) is 4.39 Å². The van der Waals surface area contributed by atoms with Gasteiger partial charge in [-0.3, -0.25) is 0 Å². The molecular weight excluding hydrogens is 261 g/mol. The van der Waals surface area contributed by atoms with Gasteiger partial charge in [0.15, 0.2) is 0 Å². The van der Waals surface area contributed by atoms with Crippen molar-refractivity contribution in [1.82, 2.24) is 5.32 Å². The number of rotatable bonds is 3. The van der Waals surface area contributed by atoms with Crippen LogP contribution in [0.25, 0.3) is 0 Å². The molecule has 0 aromatic heterocycles. The Balaban J connectivity index is 1.95. The lowest BCUT2D eigenvalue weighted by Gasteiger charge is -2.11. The Morgan fingerprint density at radius 3 is 3.13 bits per heavy atom. The number of hydrogen-bond donors (Lipinski definition) is 1. The quantitative estimate of drug-likeness (QED) is 0.914. The van der Waals surface area contributed by atoms with Crippen molar-refractivity contribution in [2.75, 3.05) is 13.1 Å². The summed E-state index contributed by atoms with van der Waals surface area (Å²) in [7, 11) is 0. The van der Waals surface area contributed by atoms with Gasteiger partial charge in [0.2, 0.25) is 0 Å². The van der Waals surface area contributed by atoms with E-state index in [9.17, 15) is 4.39 Å². The van der Waals surface area contributed by atoms with Crippen molar-refractivity contribution in [3.8, 4) is 0 Å². The van der Waals surface area contributed by atoms with Gasteiger partial charge in [-0.05, 0) is 40.5 Å². The van der Waals surface area contributed by atoms with Crippen molar-refractivity contribution >= 4 is 15.9 Å². The normalized spacial score (nSPS) is 20.8. The second-order valence-electron chi connectivity index (χ2n) is 3.64. The largest absolute Gasteiger partial charge is 0.372 e. The van der Waals surface area contributed by atoms with E-state index in [4.69, 9.17) is 4.74 Å². The highest BCUT2D eigenvalue weighted by atomic mass is 79.9. The number of halogens is 2. The maximum atomic E-state index is 13.2. The monoisotopic (exact) mass is 273 g/mol. The third-order valence-electron chi connectivity index (χ3n) is 2.52. The van der Waals surface area contributed by atoms with Crippen molar-refractivity contribution in [2.24, 2.45) is 0 Å². The lowest BCUT2D eigenvalue weighted by molar-refractivity contribution is 0.0537. The van der Waals surface area contributed by atoms with Crippen LogP contribution in [0.5, 0.6) is 0 Å². The van der Waals surface area contributed by atoms with Crippen molar-refractivity contribution in [1.29, 1.82) is 0 Å². The van der Waals surface area contributed by atoms with Crippen LogP contribution in [0.2, 0.25) is 0 Å². The van der Waals surface area contributed by atoms with Crippen molar-refractivity contribution in [3.05, 3.63) is 34.1 Å². The van der Waals surface area contributed by atoms with Crippen LogP contribution < -0.4 is 5.32 Å². The van der Waals surface area contributed by atoms with E-state index >= 15 is 0 Å². The summed E-state index contributed by atoms with van der Waals surface area (Å²) in [6.45, 7) is 2.37. The Hall–Kier alpha value is -0.450. The summed E-state index contributed by atoms with van der Waals surface area (Å²) in [6.07, 6.45) is 1.30. The molecule has 1 aliphatic rings. The van der Waals surface area contributed by atoms with Crippen LogP contribution in [0.1, 0.15) is 12.0 Å². The van der Waals surface area contributed by atoms with E-state index < -0.39 is 0 Å². The number of benzene rings is 1. The summed E-state index contributed by atoms with van der Waals surface area (Å²) < 4.78 is 19.3. The maximum absolute atomic E-state index is 13.2. The molecule has 1 atom stereocenters. The number of ether oxygens (including phenoxy) is 1. The Bertz CT molecular complexity index is 339. The molecule has 1 fully saturated rings. The zero-order valence-corrected chi connectivity index (χ0v) is 9.89. The third kappa shape index (κ3) is 2.77. The average molecular weight is 274 g/mol. The standard InChI is InChI=1S/C11H13BrFNO/c12-11-8(2-1-3-10(11)13)7-15-9-4-5-14-6-9/h1-3,9,14H,4-7H2. The van der Waals surface area contributed by atoms with E-state index in [0.29, 0.717) is 11.1 Å². The fourth-order valence-electron chi connectivity index (χ4n) is 1.64. The minimum atomic E-state index is -0.236. The Morgan fingerprint density at radius 1 is 1.53 bits per heavy atom. The Kier molecular flexibility index (Phi) is 3.72. The fraction of sp³-hybridized carbons (Fsp3) is 0.455. The second kappa shape index (κ2) is 5.05. The molecule has 4 heteroatoms. The van der Waals surface area contributed by atoms with Gasteiger partial charge in [0.05, 0.1) is 17.2 Å². The summed E-state index contributed by atoms with van der Waals surface area (Å²) in [5.41, 5.74) is 0.863. The van der Waals surface area contributed by atoms with E-state index in [1.54, 1.807) is 6.07 Å². The van der Waals surface area contributed by atoms with Gasteiger partial charge in [-0.15, -0.1) is 0 Å². The summed E-state index contributed by atoms with van der Waals surface area (Å²) in [5.74, 6) is -0.236. The second-order valence-corrected chi connectivity index (χ2v) is 4.43. The van der Waals surface area contributed by atoms with Crippen molar-refractivity contribution in [3.63, 3.8) is 0 Å². The summed E-state index contributed by atoms with van der Waals surface area (Å²) in [4.78, 5) is 0. The fourth-order valence-corrected chi connectivity index (χ4v) is 2.02. The summed E-state index contributed by atoms with van der Waals surface area (Å²) >= 11 is 3.22. The topological polar surface area (TPSA) is 21.3 Å². The first-order valence-electron chi connectivity index (χ1n) is 5.02. The first-order chi connectivity index (χ1) is 7.27. The zero-order valence-electron chi connectivity index (χ0n) is 8.30. The van der Waals surface area contributed by atoms with Crippen LogP contribution in [0.4, 0.5) is 4.39 Å². The Labute approximate surface area is 96.9 Å². The van der Waals surface area contributed by atoms with Gasteiger partial charge in [-0.2, -0.15) is 0 Å². The van der Waals surface area contributed by atoms with Gasteiger partial charge < -0.3 is 10.1 Å². The van der Waals surface area contributed by atoms with Gasteiger partial charge in [0.25, 0.3) is 0 Å². The molecule has 2 rings (SSSR count). The van der Waals surface area contributed by atoms with E-state index in [1.807, 2.05) is 6.07 Å². The summed E-state index contributed by atoms with van der Waals surface area (Å²) in [6, 6.07) is 5.01. The highest BCUT2D eigenvalue weighted by molar-refractivity contribution is 9.10. The molecule has 1 unspecified atom stereocenters. The molecule has 1 aliphatic heterocycles. The van der Waals surface area contributed by atoms with Crippen LogP contribution in [-0.2, 0) is 11.3 Å². The Morgan fingerprint density at radius 2 is 2.40 bits per heavy atom. The van der Waals surface area contributed by atoms with E-state index in [0.717, 1.165) is 25.1 Å². The molecule has 0 aliphatic carbocycles. The number of hydrogen-bond acceptors (Lipinski definition) is 2. The lowest BCUT2D eigenvalue weighted by Crippen LogP contribution is -2.16. The van der Waals surface area contributed by atoms with Crippen molar-refractivity contribution in [2.45, 2.75) is 19.1 Å². The first-order valence-corrected chi connectivity index (χ1v) is 5.82. The molecule has 0 spiro atoms. The number of nitrogens with one attached hydrogen (secondary N) is 1. The van der Waals surface area contributed by atoms with Gasteiger partial charge >= 0.3 is 0 Å². The van der Waals surface area contributed by atoms with E-state index in [2.05, 4.69) is 21.2 Å². The highest BCUT2D eigenvalue weighted by Crippen LogP contribution is 2.21. The molecule has 2 nitrogen and oxygen atoms in total. The van der Waals surface area contributed by atoms with Crippen LogP contribution in [0.3, 0.4) is 0 Å². The molecule has 0 saturated carbocycles. The molecule has 1 heterocycles. The van der Waals surface area contributed by atoms with Crippen LogP contribution in [0.15, 0.2) is 22.7 Å². The molecule has 1 saturated heterocycles. The minimum Gasteiger partial charge on any atom is -0.372 e. The van der Waals surface area contributed by atoms with Gasteiger partial charge in [-0.1, -0.05) is 12.1 Å². The van der Waals surface area contributed by atoms with Crippen LogP contribution in [-0.4, -0.2) is 19.2 Å². The van der Waals surface area contributed by atoms with Crippen molar-refractivity contribution < 1.29 is 9.13 Å². The molecule has 1 aromatic carbocycles. The molecule has 0 radical (unpaired) electrons. The lowest BCUT2D eigenvalue weighted by atomic mass is 10.2. The first kappa shape index (κ1) is 11.0. The molecule has 15 heavy (non-hydrogen) atoms. The van der Waals surface area contributed by atoms with E-state index in [1.165, 1.54) is 6.07 Å². The summed E-state index contributed by atoms with van der Waals surface area (Å²) in [5, 5.41) is 3.22. The van der Waals surface area contributed by atoms with Crippen LogP contribution >= 0.6 is 15.9 Å². The molecule has 0 bridgehead atoms. The SMILES string of the molecule is Fc1cccc(COC2CCNC2)c1Br. The van der Waals surface area contributed by atoms with Gasteiger partial charge in [0, 0.05) is 6.54 Å². The van der Waals surface area contributed by atoms with E-state index in [-0.39, 0.29) is 11.9 Å². The average Bonchev–Trinajstić information content (AvgIpc) is 2.73. The predicted molar refractivity (Wildman–Crippen MR) is 60.2 cm³/mol. The maximum Gasteiger partial charge on any atom is 0.137 e. The zero-order chi connectivity index (χ0) is 10.7.